The fourth-order valence-electron chi connectivity index (χ4n) is 2.74. The van der Waals surface area contributed by atoms with Gasteiger partial charge in [0.2, 0.25) is 0 Å². The summed E-state index contributed by atoms with van der Waals surface area (Å²) < 4.78 is 5.22. The molecule has 0 bridgehead atoms. The fourth-order valence-corrected chi connectivity index (χ4v) is 2.74. The average molecular weight is 363 g/mol. The van der Waals surface area contributed by atoms with Crippen LogP contribution in [0.1, 0.15) is 28.4 Å². The molecule has 1 amide bonds. The van der Waals surface area contributed by atoms with Crippen molar-refractivity contribution in [1.82, 2.24) is 5.32 Å². The molecular weight excluding hydrogens is 342 g/mol. The Bertz CT molecular complexity index is 979. The van der Waals surface area contributed by atoms with E-state index in [0.29, 0.717) is 11.9 Å². The van der Waals surface area contributed by atoms with Crippen molar-refractivity contribution in [2.75, 3.05) is 0 Å². The molecule has 0 radical (unpaired) electrons. The van der Waals surface area contributed by atoms with Crippen LogP contribution >= 0.6 is 0 Å². The smallest absolute Gasteiger partial charge is 0.342 e. The van der Waals surface area contributed by atoms with Gasteiger partial charge in [-0.25, -0.2) is 4.79 Å². The molecule has 5 nitrogen and oxygen atoms in total. The van der Waals surface area contributed by atoms with E-state index >= 15 is 0 Å². The van der Waals surface area contributed by atoms with Crippen LogP contribution in [-0.2, 0) is 16.1 Å². The number of esters is 1. The second kappa shape index (κ2) is 7.91. The predicted molar refractivity (Wildman–Crippen MR) is 104 cm³/mol. The molecule has 2 N–H and O–H groups in total. The molecule has 1 atom stereocenters. The fraction of sp³-hybridized carbons (Fsp3) is 0.182. The number of rotatable bonds is 5. The number of fused-ring (bicyclic) bond motifs is 1. The van der Waals surface area contributed by atoms with Crippen LogP contribution < -0.4 is 5.32 Å². The number of aryl methyl sites for hydroxylation is 1. The highest BCUT2D eigenvalue weighted by molar-refractivity contribution is 6.01. The summed E-state index contributed by atoms with van der Waals surface area (Å²) in [7, 11) is 0. The van der Waals surface area contributed by atoms with Crippen molar-refractivity contribution in [2.24, 2.45) is 0 Å². The minimum Gasteiger partial charge on any atom is -0.506 e. The monoisotopic (exact) mass is 363 g/mol. The van der Waals surface area contributed by atoms with Gasteiger partial charge in [0.05, 0.1) is 0 Å². The van der Waals surface area contributed by atoms with Crippen molar-refractivity contribution >= 4 is 22.6 Å². The SMILES string of the molecule is Cc1ccc(CNC(=O)[C@H](C)OC(=O)c2ccc3ccccc3c2O)cc1. The number of carbonyl (C=O) groups excluding carboxylic acids is 2. The van der Waals surface area contributed by atoms with Gasteiger partial charge in [0.15, 0.2) is 6.10 Å². The number of ether oxygens (including phenoxy) is 1. The molecule has 0 spiro atoms. The number of hydrogen-bond donors (Lipinski definition) is 2. The van der Waals surface area contributed by atoms with E-state index in [0.717, 1.165) is 16.5 Å². The second-order valence-corrected chi connectivity index (χ2v) is 6.43. The summed E-state index contributed by atoms with van der Waals surface area (Å²) in [6.45, 7) is 3.84. The van der Waals surface area contributed by atoms with E-state index in [4.69, 9.17) is 4.74 Å². The summed E-state index contributed by atoms with van der Waals surface area (Å²) in [6, 6.07) is 18.2. The van der Waals surface area contributed by atoms with Crippen molar-refractivity contribution in [3.63, 3.8) is 0 Å². The van der Waals surface area contributed by atoms with Gasteiger partial charge in [-0.05, 0) is 30.9 Å². The lowest BCUT2D eigenvalue weighted by atomic mass is 10.1. The first-order chi connectivity index (χ1) is 13.0. The molecule has 0 unspecified atom stereocenters. The summed E-state index contributed by atoms with van der Waals surface area (Å²) in [5.41, 5.74) is 2.13. The Morgan fingerprint density at radius 2 is 1.74 bits per heavy atom. The molecule has 0 saturated carbocycles. The van der Waals surface area contributed by atoms with Crippen LogP contribution in [0.5, 0.6) is 5.75 Å². The van der Waals surface area contributed by atoms with Crippen molar-refractivity contribution in [1.29, 1.82) is 0 Å². The minimum absolute atomic E-state index is 0.0342. The third kappa shape index (κ3) is 4.26. The molecule has 5 heteroatoms. The number of phenols is 1. The first kappa shape index (κ1) is 18.5. The lowest BCUT2D eigenvalue weighted by Gasteiger charge is -2.14. The Balaban J connectivity index is 1.63. The van der Waals surface area contributed by atoms with Gasteiger partial charge in [-0.15, -0.1) is 0 Å². The molecule has 0 saturated heterocycles. The van der Waals surface area contributed by atoms with Gasteiger partial charge >= 0.3 is 5.97 Å². The van der Waals surface area contributed by atoms with Crippen molar-refractivity contribution < 1.29 is 19.4 Å². The third-order valence-corrected chi connectivity index (χ3v) is 4.36. The number of amides is 1. The van der Waals surface area contributed by atoms with Crippen molar-refractivity contribution in [2.45, 2.75) is 26.5 Å². The van der Waals surface area contributed by atoms with E-state index in [2.05, 4.69) is 5.32 Å². The zero-order valence-electron chi connectivity index (χ0n) is 15.2. The maximum atomic E-state index is 12.4. The Morgan fingerprint density at radius 1 is 1.04 bits per heavy atom. The normalized spacial score (nSPS) is 11.8. The number of nitrogens with one attached hydrogen (secondary N) is 1. The van der Waals surface area contributed by atoms with E-state index < -0.39 is 18.0 Å². The third-order valence-electron chi connectivity index (χ3n) is 4.36. The zero-order chi connectivity index (χ0) is 19.4. The standard InChI is InChI=1S/C22H21NO4/c1-14-7-9-16(10-8-14)13-23-21(25)15(2)27-22(26)19-12-11-17-5-3-4-6-18(17)20(19)24/h3-12,15,24H,13H2,1-2H3,(H,23,25)/t15-/m0/s1. The Morgan fingerprint density at radius 3 is 2.48 bits per heavy atom. The summed E-state index contributed by atoms with van der Waals surface area (Å²) >= 11 is 0. The van der Waals surface area contributed by atoms with Crippen LogP contribution in [0.4, 0.5) is 0 Å². The van der Waals surface area contributed by atoms with Gasteiger partial charge in [-0.3, -0.25) is 4.79 Å². The number of aromatic hydroxyl groups is 1. The molecule has 0 aromatic heterocycles. The molecule has 0 heterocycles. The number of hydrogen-bond acceptors (Lipinski definition) is 4. The van der Waals surface area contributed by atoms with E-state index in [1.807, 2.05) is 43.3 Å². The summed E-state index contributed by atoms with van der Waals surface area (Å²) in [5, 5.41) is 14.5. The molecule has 0 aliphatic carbocycles. The quantitative estimate of drug-likeness (QED) is 0.678. The van der Waals surface area contributed by atoms with E-state index in [1.54, 1.807) is 18.2 Å². The maximum Gasteiger partial charge on any atom is 0.342 e. The van der Waals surface area contributed by atoms with Crippen LogP contribution in [0.3, 0.4) is 0 Å². The van der Waals surface area contributed by atoms with Gasteiger partial charge in [-0.2, -0.15) is 0 Å². The molecule has 0 fully saturated rings. The molecule has 3 rings (SSSR count). The lowest BCUT2D eigenvalue weighted by Crippen LogP contribution is -2.35. The van der Waals surface area contributed by atoms with Gasteiger partial charge in [0.25, 0.3) is 5.91 Å². The number of benzene rings is 3. The molecule has 0 aliphatic rings. The minimum atomic E-state index is -0.978. The molecule has 3 aromatic rings. The lowest BCUT2D eigenvalue weighted by molar-refractivity contribution is -0.129. The van der Waals surface area contributed by atoms with Crippen LogP contribution in [-0.4, -0.2) is 23.1 Å². The molecular formula is C22H21NO4. The van der Waals surface area contributed by atoms with Crippen LogP contribution in [0.25, 0.3) is 10.8 Å². The van der Waals surface area contributed by atoms with E-state index in [1.165, 1.54) is 13.0 Å². The first-order valence-corrected chi connectivity index (χ1v) is 8.70. The topological polar surface area (TPSA) is 75.6 Å². The van der Waals surface area contributed by atoms with Crippen LogP contribution in [0.15, 0.2) is 60.7 Å². The summed E-state index contributed by atoms with van der Waals surface area (Å²) in [6.07, 6.45) is -0.978. The summed E-state index contributed by atoms with van der Waals surface area (Å²) in [4.78, 5) is 24.6. The highest BCUT2D eigenvalue weighted by Gasteiger charge is 2.21. The first-order valence-electron chi connectivity index (χ1n) is 8.70. The van der Waals surface area contributed by atoms with E-state index in [9.17, 15) is 14.7 Å². The van der Waals surface area contributed by atoms with Gasteiger partial charge in [0.1, 0.15) is 11.3 Å². The highest BCUT2D eigenvalue weighted by atomic mass is 16.5. The van der Waals surface area contributed by atoms with Gasteiger partial charge in [-0.1, -0.05) is 60.2 Å². The van der Waals surface area contributed by atoms with Crippen LogP contribution in [0, 0.1) is 6.92 Å². The Labute approximate surface area is 157 Å². The second-order valence-electron chi connectivity index (χ2n) is 6.43. The van der Waals surface area contributed by atoms with Crippen molar-refractivity contribution in [3.8, 4) is 5.75 Å². The Kier molecular flexibility index (Phi) is 5.41. The Hall–Kier alpha value is -3.34. The maximum absolute atomic E-state index is 12.4. The van der Waals surface area contributed by atoms with Gasteiger partial charge < -0.3 is 15.2 Å². The highest BCUT2D eigenvalue weighted by Crippen LogP contribution is 2.29. The van der Waals surface area contributed by atoms with Crippen LogP contribution in [0.2, 0.25) is 0 Å². The van der Waals surface area contributed by atoms with E-state index in [-0.39, 0.29) is 11.3 Å². The molecule has 138 valence electrons. The molecule has 3 aromatic carbocycles. The largest absolute Gasteiger partial charge is 0.506 e. The number of carbonyl (C=O) groups is 2. The average Bonchev–Trinajstić information content (AvgIpc) is 2.67. The summed E-state index contributed by atoms with van der Waals surface area (Å²) in [5.74, 6) is -1.29. The predicted octanol–water partition coefficient (Wildman–Crippen LogP) is 3.72. The molecule has 27 heavy (non-hydrogen) atoms. The van der Waals surface area contributed by atoms with Crippen molar-refractivity contribution in [3.05, 3.63) is 77.4 Å². The molecule has 0 aliphatic heterocycles. The zero-order valence-corrected chi connectivity index (χ0v) is 15.2. The van der Waals surface area contributed by atoms with Gasteiger partial charge in [0, 0.05) is 11.9 Å². The number of phenolic OH excluding ortho intramolecular Hbond substituents is 1.